The molecule has 7 heteroatoms. The van der Waals surface area contributed by atoms with Gasteiger partial charge < -0.3 is 11.5 Å². The molecule has 4 nitrogen and oxygen atoms in total. The van der Waals surface area contributed by atoms with Crippen LogP contribution in [0.15, 0.2) is 34.5 Å². The predicted octanol–water partition coefficient (Wildman–Crippen LogP) is 6.17. The lowest BCUT2D eigenvalue weighted by molar-refractivity contribution is 0.443. The van der Waals surface area contributed by atoms with Crippen LogP contribution < -0.4 is 11.5 Å². The quantitative estimate of drug-likeness (QED) is 0.257. The van der Waals surface area contributed by atoms with Gasteiger partial charge in [0.1, 0.15) is 21.5 Å². The minimum Gasteiger partial charge on any atom is -0.389 e. The van der Waals surface area contributed by atoms with Crippen LogP contribution >= 0.6 is 34.4 Å². The number of amidine groups is 1. The third-order valence-corrected chi connectivity index (χ3v) is 8.53. The highest BCUT2D eigenvalue weighted by Gasteiger charge is 2.20. The minimum absolute atomic E-state index is 0.0823. The fourth-order valence-electron chi connectivity index (χ4n) is 3.81. The first-order valence-corrected chi connectivity index (χ1v) is 12.3. The summed E-state index contributed by atoms with van der Waals surface area (Å²) in [4.78, 5) is 5.60. The number of thioether (sulfide) groups is 1. The second-order valence-electron chi connectivity index (χ2n) is 7.12. The van der Waals surface area contributed by atoms with Gasteiger partial charge in [-0.1, -0.05) is 54.9 Å². The summed E-state index contributed by atoms with van der Waals surface area (Å²) in [6.07, 6.45) is 8.71. The summed E-state index contributed by atoms with van der Waals surface area (Å²) in [7, 11) is 0. The maximum absolute atomic E-state index is 7.71. The Balaban J connectivity index is 1.64. The molecule has 1 saturated carbocycles. The maximum Gasteiger partial charge on any atom is 0.133 e. The molecule has 2 aromatic heterocycles. The van der Waals surface area contributed by atoms with Gasteiger partial charge in [0.15, 0.2) is 0 Å². The van der Waals surface area contributed by atoms with Crippen LogP contribution in [0.1, 0.15) is 48.5 Å². The lowest BCUT2D eigenvalue weighted by atomic mass is 9.84. The van der Waals surface area contributed by atoms with Gasteiger partial charge in [-0.05, 0) is 36.6 Å². The molecule has 0 saturated heterocycles. The van der Waals surface area contributed by atoms with Gasteiger partial charge in [-0.25, -0.2) is 4.98 Å². The van der Waals surface area contributed by atoms with E-state index in [0.29, 0.717) is 10.9 Å². The van der Waals surface area contributed by atoms with Crippen molar-refractivity contribution in [3.8, 4) is 21.8 Å². The summed E-state index contributed by atoms with van der Waals surface area (Å²) in [5.41, 5.74) is 16.3. The Hall–Kier alpha value is -1.83. The van der Waals surface area contributed by atoms with E-state index in [4.69, 9.17) is 21.9 Å². The van der Waals surface area contributed by atoms with Crippen molar-refractivity contribution in [1.82, 2.24) is 4.98 Å². The molecule has 146 valence electrons. The molecule has 0 radical (unpaired) electrons. The van der Waals surface area contributed by atoms with Crippen molar-refractivity contribution in [1.29, 1.82) is 5.41 Å². The number of hydrogen-bond acceptors (Lipinski definition) is 6. The SMILES string of the molecule is CSc1sc(C(=N)N)cc1-c1nc(-c2ccc(C3CCCCC3)cc2)sc1N. The molecule has 1 aliphatic rings. The fraction of sp³-hybridized carbons (Fsp3) is 0.333. The average Bonchev–Trinajstić information content (AvgIpc) is 3.32. The number of nitrogens with one attached hydrogen (secondary N) is 1. The molecule has 5 N–H and O–H groups in total. The van der Waals surface area contributed by atoms with E-state index in [-0.39, 0.29) is 5.84 Å². The van der Waals surface area contributed by atoms with E-state index in [9.17, 15) is 0 Å². The summed E-state index contributed by atoms with van der Waals surface area (Å²) in [6.45, 7) is 0. The molecule has 2 heterocycles. The number of thiophene rings is 1. The number of anilines is 1. The van der Waals surface area contributed by atoms with Gasteiger partial charge >= 0.3 is 0 Å². The van der Waals surface area contributed by atoms with Crippen molar-refractivity contribution in [3.05, 3.63) is 40.8 Å². The molecule has 0 atom stereocenters. The molecule has 4 rings (SSSR count). The van der Waals surface area contributed by atoms with E-state index < -0.39 is 0 Å². The molecular weight excluding hydrogens is 404 g/mol. The largest absolute Gasteiger partial charge is 0.389 e. The van der Waals surface area contributed by atoms with Crippen molar-refractivity contribution in [2.45, 2.75) is 42.2 Å². The minimum atomic E-state index is 0.0823. The van der Waals surface area contributed by atoms with Gasteiger partial charge in [0.2, 0.25) is 0 Å². The first-order chi connectivity index (χ1) is 13.6. The second kappa shape index (κ2) is 8.27. The maximum atomic E-state index is 7.71. The predicted molar refractivity (Wildman–Crippen MR) is 124 cm³/mol. The number of rotatable bonds is 5. The van der Waals surface area contributed by atoms with Gasteiger partial charge in [0.05, 0.1) is 9.09 Å². The Morgan fingerprint density at radius 3 is 2.50 bits per heavy atom. The third kappa shape index (κ3) is 3.83. The standard InChI is InChI=1S/C21H24N4S3/c1-26-21-15(11-16(27-21)18(22)23)17-19(24)28-20(25-17)14-9-7-13(8-10-14)12-5-3-2-4-6-12/h7-12H,2-6,24H2,1H3,(H3,22,23). The van der Waals surface area contributed by atoms with Crippen molar-refractivity contribution in [3.63, 3.8) is 0 Å². The van der Waals surface area contributed by atoms with E-state index in [2.05, 4.69) is 24.3 Å². The van der Waals surface area contributed by atoms with E-state index in [1.54, 1.807) is 11.8 Å². The van der Waals surface area contributed by atoms with Crippen LogP contribution in [0.2, 0.25) is 0 Å². The Morgan fingerprint density at radius 1 is 1.14 bits per heavy atom. The number of nitrogens with zero attached hydrogens (tertiary/aromatic N) is 1. The van der Waals surface area contributed by atoms with Gasteiger partial charge in [-0.15, -0.1) is 23.1 Å². The van der Waals surface area contributed by atoms with E-state index >= 15 is 0 Å². The Bertz CT molecular complexity index is 982. The summed E-state index contributed by atoms with van der Waals surface area (Å²) in [5.74, 6) is 0.790. The lowest BCUT2D eigenvalue weighted by Gasteiger charge is -2.21. The van der Waals surface area contributed by atoms with E-state index in [1.807, 2.05) is 12.3 Å². The van der Waals surface area contributed by atoms with Gasteiger partial charge in [0.25, 0.3) is 0 Å². The molecule has 1 fully saturated rings. The van der Waals surface area contributed by atoms with Crippen LogP contribution in [-0.4, -0.2) is 17.1 Å². The molecular formula is C21H24N4S3. The molecule has 0 amide bonds. The van der Waals surface area contributed by atoms with Crippen LogP contribution in [0.25, 0.3) is 21.8 Å². The molecule has 0 aliphatic heterocycles. The summed E-state index contributed by atoms with van der Waals surface area (Å²) >= 11 is 4.67. The topological polar surface area (TPSA) is 88.8 Å². The van der Waals surface area contributed by atoms with Gasteiger partial charge in [0, 0.05) is 11.1 Å². The van der Waals surface area contributed by atoms with Crippen molar-refractivity contribution in [2.75, 3.05) is 12.0 Å². The lowest BCUT2D eigenvalue weighted by Crippen LogP contribution is -2.08. The smallest absolute Gasteiger partial charge is 0.133 e. The van der Waals surface area contributed by atoms with Crippen LogP contribution in [0, 0.1) is 5.41 Å². The Kier molecular flexibility index (Phi) is 5.75. The highest BCUT2D eigenvalue weighted by atomic mass is 32.2. The zero-order valence-corrected chi connectivity index (χ0v) is 18.3. The number of benzene rings is 1. The summed E-state index contributed by atoms with van der Waals surface area (Å²) in [5, 5.41) is 9.35. The average molecular weight is 429 g/mol. The monoisotopic (exact) mass is 428 g/mol. The molecule has 1 aliphatic carbocycles. The number of nitrogen functional groups attached to an aromatic ring is 2. The van der Waals surface area contributed by atoms with Crippen LogP contribution in [0.4, 0.5) is 5.00 Å². The molecule has 3 aromatic rings. The molecule has 0 spiro atoms. The second-order valence-corrected chi connectivity index (χ2v) is 10.3. The van der Waals surface area contributed by atoms with Crippen molar-refractivity contribution < 1.29 is 0 Å². The highest BCUT2D eigenvalue weighted by Crippen LogP contribution is 2.43. The van der Waals surface area contributed by atoms with Gasteiger partial charge in [-0.3, -0.25) is 5.41 Å². The summed E-state index contributed by atoms with van der Waals surface area (Å²) < 4.78 is 1.08. The van der Waals surface area contributed by atoms with E-state index in [1.165, 1.54) is 60.3 Å². The first-order valence-electron chi connectivity index (χ1n) is 9.46. The van der Waals surface area contributed by atoms with Crippen LogP contribution in [-0.2, 0) is 0 Å². The Morgan fingerprint density at radius 2 is 1.86 bits per heavy atom. The Labute approximate surface area is 177 Å². The van der Waals surface area contributed by atoms with Crippen LogP contribution in [0.5, 0.6) is 0 Å². The first kappa shape index (κ1) is 19.5. The van der Waals surface area contributed by atoms with Gasteiger partial charge in [-0.2, -0.15) is 0 Å². The van der Waals surface area contributed by atoms with Crippen molar-refractivity contribution in [2.24, 2.45) is 5.73 Å². The number of thiazole rings is 1. The fourth-order valence-corrected chi connectivity index (χ4v) is 6.39. The van der Waals surface area contributed by atoms with Crippen LogP contribution in [0.3, 0.4) is 0 Å². The number of aromatic nitrogens is 1. The zero-order chi connectivity index (χ0) is 19.7. The number of hydrogen-bond donors (Lipinski definition) is 3. The van der Waals surface area contributed by atoms with Crippen molar-refractivity contribution >= 4 is 45.3 Å². The molecule has 1 aromatic carbocycles. The molecule has 0 bridgehead atoms. The highest BCUT2D eigenvalue weighted by molar-refractivity contribution is 8.00. The number of nitrogens with two attached hydrogens (primary N) is 2. The third-order valence-electron chi connectivity index (χ3n) is 5.29. The molecule has 0 unspecified atom stereocenters. The normalized spacial score (nSPS) is 15.0. The molecule has 28 heavy (non-hydrogen) atoms. The van der Waals surface area contributed by atoms with E-state index in [0.717, 1.165) is 30.9 Å². The summed E-state index contributed by atoms with van der Waals surface area (Å²) in [6, 6.07) is 10.8. The zero-order valence-electron chi connectivity index (χ0n) is 15.8.